The molecule has 2 heterocycles. The Morgan fingerprint density at radius 2 is 1.94 bits per heavy atom. The first-order chi connectivity index (χ1) is 14.8. The van der Waals surface area contributed by atoms with E-state index < -0.39 is 17.5 Å². The van der Waals surface area contributed by atoms with Gasteiger partial charge in [0.1, 0.15) is 11.6 Å². The predicted octanol–water partition coefficient (Wildman–Crippen LogP) is 4.51. The van der Waals surface area contributed by atoms with Gasteiger partial charge < -0.3 is 5.32 Å². The molecule has 0 spiro atoms. The lowest BCUT2D eigenvalue weighted by Gasteiger charge is -2.15. The Morgan fingerprint density at radius 3 is 2.65 bits per heavy atom. The van der Waals surface area contributed by atoms with Gasteiger partial charge >= 0.3 is 0 Å². The second kappa shape index (κ2) is 8.84. The fourth-order valence-corrected chi connectivity index (χ4v) is 5.26. The molecule has 160 valence electrons. The van der Waals surface area contributed by atoms with Crippen LogP contribution in [0.3, 0.4) is 0 Å². The van der Waals surface area contributed by atoms with Gasteiger partial charge in [0.2, 0.25) is 5.91 Å². The Labute approximate surface area is 186 Å². The average Bonchev–Trinajstić information content (AvgIpc) is 3.17. The molecule has 0 bridgehead atoms. The standard InChI is InChI=1S/C22H19F2N3O2S2/c1-12-7-13(2)9-15(8-12)27-21(29)20-18(5-6-30-20)26-22(27)31-11-19(28)25-17-4-3-14(23)10-16(17)24/h3-4,7-10H,5-6,11H2,1-2H3,(H,25,28). The highest BCUT2D eigenvalue weighted by atomic mass is 32.2. The van der Waals surface area contributed by atoms with Crippen LogP contribution in [-0.4, -0.2) is 27.0 Å². The van der Waals surface area contributed by atoms with Crippen LogP contribution < -0.4 is 10.9 Å². The van der Waals surface area contributed by atoms with Crippen LogP contribution in [0, 0.1) is 25.5 Å². The van der Waals surface area contributed by atoms with E-state index in [1.807, 2.05) is 32.0 Å². The van der Waals surface area contributed by atoms with Gasteiger partial charge in [-0.2, -0.15) is 0 Å². The first-order valence-electron chi connectivity index (χ1n) is 9.57. The van der Waals surface area contributed by atoms with Gasteiger partial charge in [0.15, 0.2) is 5.16 Å². The van der Waals surface area contributed by atoms with Crippen LogP contribution in [0.15, 0.2) is 51.2 Å². The molecule has 0 radical (unpaired) electrons. The van der Waals surface area contributed by atoms with Gasteiger partial charge in [-0.1, -0.05) is 17.8 Å². The summed E-state index contributed by atoms with van der Waals surface area (Å²) in [5, 5.41) is 2.84. The van der Waals surface area contributed by atoms with E-state index in [9.17, 15) is 18.4 Å². The first kappa shape index (κ1) is 21.6. The molecule has 1 N–H and O–H groups in total. The summed E-state index contributed by atoms with van der Waals surface area (Å²) in [6.45, 7) is 3.91. The molecule has 1 aliphatic heterocycles. The van der Waals surface area contributed by atoms with Gasteiger partial charge in [-0.3, -0.25) is 14.2 Å². The summed E-state index contributed by atoms with van der Waals surface area (Å²) in [6.07, 6.45) is 0.698. The maximum atomic E-state index is 13.8. The lowest BCUT2D eigenvalue weighted by atomic mass is 10.1. The van der Waals surface area contributed by atoms with Crippen molar-refractivity contribution in [1.82, 2.24) is 9.55 Å². The van der Waals surface area contributed by atoms with Crippen LogP contribution in [-0.2, 0) is 11.2 Å². The van der Waals surface area contributed by atoms with E-state index in [-0.39, 0.29) is 17.0 Å². The second-order valence-electron chi connectivity index (χ2n) is 7.22. The zero-order valence-corrected chi connectivity index (χ0v) is 18.5. The number of amides is 1. The largest absolute Gasteiger partial charge is 0.323 e. The number of nitrogens with zero attached hydrogens (tertiary/aromatic N) is 2. The molecule has 0 saturated heterocycles. The minimum absolute atomic E-state index is 0.0833. The number of thioether (sulfide) groups is 2. The Morgan fingerprint density at radius 1 is 1.19 bits per heavy atom. The minimum atomic E-state index is -0.849. The summed E-state index contributed by atoms with van der Waals surface area (Å²) in [5.74, 6) is -1.34. The monoisotopic (exact) mass is 459 g/mol. The van der Waals surface area contributed by atoms with Crippen molar-refractivity contribution in [1.29, 1.82) is 0 Å². The molecule has 1 aromatic heterocycles. The number of fused-ring (bicyclic) bond motifs is 1. The Kier molecular flexibility index (Phi) is 6.15. The number of anilines is 1. The molecule has 2 aromatic carbocycles. The lowest BCUT2D eigenvalue weighted by molar-refractivity contribution is -0.113. The van der Waals surface area contributed by atoms with Crippen molar-refractivity contribution in [3.05, 3.63) is 75.2 Å². The predicted molar refractivity (Wildman–Crippen MR) is 119 cm³/mol. The minimum Gasteiger partial charge on any atom is -0.323 e. The van der Waals surface area contributed by atoms with Crippen LogP contribution in [0.4, 0.5) is 14.5 Å². The number of aryl methyl sites for hydroxylation is 3. The fraction of sp³-hybridized carbons (Fsp3) is 0.227. The van der Waals surface area contributed by atoms with Gasteiger partial charge in [-0.15, -0.1) is 11.8 Å². The number of hydrogen-bond donors (Lipinski definition) is 1. The molecule has 1 aliphatic rings. The highest BCUT2D eigenvalue weighted by Crippen LogP contribution is 2.30. The fourth-order valence-electron chi connectivity index (χ4n) is 3.40. The molecule has 0 saturated carbocycles. The molecule has 1 amide bonds. The van der Waals surface area contributed by atoms with Crippen molar-refractivity contribution in [2.24, 2.45) is 0 Å². The molecule has 0 unspecified atom stereocenters. The van der Waals surface area contributed by atoms with Crippen LogP contribution in [0.2, 0.25) is 0 Å². The quantitative estimate of drug-likeness (QED) is 0.449. The molecule has 0 atom stereocenters. The Balaban J connectivity index is 1.64. The third kappa shape index (κ3) is 4.67. The SMILES string of the molecule is Cc1cc(C)cc(-n2c(SCC(=O)Nc3ccc(F)cc3F)nc3c(c2=O)SCC3)c1. The van der Waals surface area contributed by atoms with Gasteiger partial charge in [-0.25, -0.2) is 13.8 Å². The molecular weight excluding hydrogens is 440 g/mol. The van der Waals surface area contributed by atoms with Crippen molar-refractivity contribution in [2.75, 3.05) is 16.8 Å². The number of carbonyl (C=O) groups is 1. The maximum Gasteiger partial charge on any atom is 0.272 e. The van der Waals surface area contributed by atoms with E-state index in [0.717, 1.165) is 40.4 Å². The number of carbonyl (C=O) groups excluding carboxylic acids is 1. The lowest BCUT2D eigenvalue weighted by Crippen LogP contribution is -2.25. The summed E-state index contributed by atoms with van der Waals surface area (Å²) in [6, 6.07) is 8.77. The smallest absolute Gasteiger partial charge is 0.272 e. The van der Waals surface area contributed by atoms with Crippen molar-refractivity contribution in [3.63, 3.8) is 0 Å². The number of halogens is 2. The van der Waals surface area contributed by atoms with Crippen LogP contribution in [0.1, 0.15) is 16.8 Å². The Bertz CT molecular complexity index is 1220. The molecule has 9 heteroatoms. The molecular formula is C22H19F2N3O2S2. The molecule has 5 nitrogen and oxygen atoms in total. The van der Waals surface area contributed by atoms with Crippen molar-refractivity contribution < 1.29 is 13.6 Å². The topological polar surface area (TPSA) is 64.0 Å². The summed E-state index contributed by atoms with van der Waals surface area (Å²) in [4.78, 5) is 30.9. The number of rotatable bonds is 5. The van der Waals surface area contributed by atoms with E-state index in [4.69, 9.17) is 0 Å². The number of benzene rings is 2. The van der Waals surface area contributed by atoms with Gasteiger partial charge in [0.25, 0.3) is 5.56 Å². The second-order valence-corrected chi connectivity index (χ2v) is 9.26. The van der Waals surface area contributed by atoms with Crippen LogP contribution >= 0.6 is 23.5 Å². The number of hydrogen-bond acceptors (Lipinski definition) is 5. The molecule has 4 rings (SSSR count). The van der Waals surface area contributed by atoms with E-state index in [2.05, 4.69) is 10.3 Å². The third-order valence-electron chi connectivity index (χ3n) is 4.67. The zero-order chi connectivity index (χ0) is 22.1. The highest BCUT2D eigenvalue weighted by molar-refractivity contribution is 8.00. The average molecular weight is 460 g/mol. The zero-order valence-electron chi connectivity index (χ0n) is 16.9. The summed E-state index contributed by atoms with van der Waals surface area (Å²) in [7, 11) is 0. The first-order valence-corrected chi connectivity index (χ1v) is 11.5. The van der Waals surface area contributed by atoms with E-state index in [0.29, 0.717) is 28.2 Å². The van der Waals surface area contributed by atoms with Crippen molar-refractivity contribution in [2.45, 2.75) is 30.3 Å². The normalized spacial score (nSPS) is 12.6. The maximum absolute atomic E-state index is 13.8. The third-order valence-corrected chi connectivity index (χ3v) is 6.71. The summed E-state index contributed by atoms with van der Waals surface area (Å²) in [5.41, 5.74) is 3.20. The number of nitrogens with one attached hydrogen (secondary N) is 1. The van der Waals surface area contributed by atoms with E-state index in [1.54, 1.807) is 0 Å². The highest BCUT2D eigenvalue weighted by Gasteiger charge is 2.23. The molecule has 31 heavy (non-hydrogen) atoms. The van der Waals surface area contributed by atoms with Crippen molar-refractivity contribution in [3.8, 4) is 5.69 Å². The van der Waals surface area contributed by atoms with Gasteiger partial charge in [-0.05, 0) is 49.2 Å². The summed E-state index contributed by atoms with van der Waals surface area (Å²) >= 11 is 2.60. The molecule has 3 aromatic rings. The van der Waals surface area contributed by atoms with E-state index >= 15 is 0 Å². The van der Waals surface area contributed by atoms with E-state index in [1.165, 1.54) is 22.4 Å². The van der Waals surface area contributed by atoms with Gasteiger partial charge in [0.05, 0.1) is 27.7 Å². The van der Waals surface area contributed by atoms with Crippen LogP contribution in [0.5, 0.6) is 0 Å². The van der Waals surface area contributed by atoms with Gasteiger partial charge in [0, 0.05) is 18.2 Å². The number of aromatic nitrogens is 2. The van der Waals surface area contributed by atoms with Crippen molar-refractivity contribution >= 4 is 35.1 Å². The van der Waals surface area contributed by atoms with Crippen LogP contribution in [0.25, 0.3) is 5.69 Å². The molecule has 0 aliphatic carbocycles. The molecule has 0 fully saturated rings. The summed E-state index contributed by atoms with van der Waals surface area (Å²) < 4.78 is 28.4. The Hall–Kier alpha value is -2.65.